The first-order valence-electron chi connectivity index (χ1n) is 6.89. The molecule has 0 unspecified atom stereocenters. The van der Waals surface area contributed by atoms with E-state index in [4.69, 9.17) is 5.21 Å². The predicted octanol–water partition coefficient (Wildman–Crippen LogP) is 2.11. The SMILES string of the molecule is O=C(/C=C/c1ccc(C(=O)N/N=C/c2ccc(F)cc2)cc1)NO. The van der Waals surface area contributed by atoms with E-state index in [1.807, 2.05) is 0 Å². The molecule has 0 fully saturated rings. The quantitative estimate of drug-likeness (QED) is 0.340. The van der Waals surface area contributed by atoms with Crippen molar-refractivity contribution in [1.82, 2.24) is 10.9 Å². The third-order valence-electron chi connectivity index (χ3n) is 2.96. The van der Waals surface area contributed by atoms with Gasteiger partial charge in [0, 0.05) is 11.6 Å². The standard InChI is InChI=1S/C17H14FN3O3/c18-15-8-3-13(4-9-15)11-19-20-17(23)14-6-1-12(2-7-14)5-10-16(22)21-24/h1-11,24H,(H,20,23)(H,21,22)/b10-5+,19-11+. The van der Waals surface area contributed by atoms with Gasteiger partial charge in [0.2, 0.25) is 0 Å². The number of amides is 2. The fraction of sp³-hybridized carbons (Fsp3) is 0. The van der Waals surface area contributed by atoms with Crippen LogP contribution in [0.1, 0.15) is 21.5 Å². The minimum atomic E-state index is -0.646. The van der Waals surface area contributed by atoms with Gasteiger partial charge < -0.3 is 0 Å². The zero-order chi connectivity index (χ0) is 17.4. The summed E-state index contributed by atoms with van der Waals surface area (Å²) < 4.78 is 12.8. The summed E-state index contributed by atoms with van der Waals surface area (Å²) in [5.74, 6) is -1.40. The van der Waals surface area contributed by atoms with Crippen molar-refractivity contribution in [3.63, 3.8) is 0 Å². The molecule has 7 heteroatoms. The number of hydrogen-bond donors (Lipinski definition) is 3. The largest absolute Gasteiger partial charge is 0.288 e. The van der Waals surface area contributed by atoms with Crippen LogP contribution in [0.15, 0.2) is 59.7 Å². The van der Waals surface area contributed by atoms with E-state index >= 15 is 0 Å². The van der Waals surface area contributed by atoms with Crippen molar-refractivity contribution >= 4 is 24.1 Å². The van der Waals surface area contributed by atoms with Crippen molar-refractivity contribution < 1.29 is 19.2 Å². The molecule has 122 valence electrons. The van der Waals surface area contributed by atoms with E-state index in [0.717, 1.165) is 6.08 Å². The molecule has 0 radical (unpaired) electrons. The number of hydrazone groups is 1. The van der Waals surface area contributed by atoms with E-state index < -0.39 is 11.8 Å². The average molecular weight is 327 g/mol. The van der Waals surface area contributed by atoms with Gasteiger partial charge >= 0.3 is 0 Å². The van der Waals surface area contributed by atoms with Crippen molar-refractivity contribution in [1.29, 1.82) is 0 Å². The van der Waals surface area contributed by atoms with Gasteiger partial charge in [-0.1, -0.05) is 24.3 Å². The van der Waals surface area contributed by atoms with Crippen LogP contribution in [0.2, 0.25) is 0 Å². The zero-order valence-electron chi connectivity index (χ0n) is 12.4. The average Bonchev–Trinajstić information content (AvgIpc) is 2.61. The normalized spacial score (nSPS) is 10.9. The van der Waals surface area contributed by atoms with Crippen LogP contribution in [0, 0.1) is 5.82 Å². The molecule has 0 aliphatic carbocycles. The molecule has 0 aliphatic heterocycles. The van der Waals surface area contributed by atoms with E-state index in [2.05, 4.69) is 10.5 Å². The van der Waals surface area contributed by atoms with Crippen molar-refractivity contribution in [2.45, 2.75) is 0 Å². The maximum atomic E-state index is 12.8. The van der Waals surface area contributed by atoms with Crippen LogP contribution in [0.25, 0.3) is 6.08 Å². The van der Waals surface area contributed by atoms with Crippen LogP contribution in [0.4, 0.5) is 4.39 Å². The molecule has 0 aliphatic rings. The Morgan fingerprint density at radius 1 is 1.00 bits per heavy atom. The third-order valence-corrected chi connectivity index (χ3v) is 2.96. The molecule has 2 amide bonds. The summed E-state index contributed by atoms with van der Waals surface area (Å²) in [4.78, 5) is 22.8. The number of halogens is 1. The van der Waals surface area contributed by atoms with Crippen molar-refractivity contribution in [2.24, 2.45) is 5.10 Å². The molecule has 3 N–H and O–H groups in total. The Hall–Kier alpha value is -3.32. The number of benzene rings is 2. The monoisotopic (exact) mass is 327 g/mol. The zero-order valence-corrected chi connectivity index (χ0v) is 12.4. The van der Waals surface area contributed by atoms with Gasteiger partial charge in [0.1, 0.15) is 5.82 Å². The number of nitrogens with one attached hydrogen (secondary N) is 2. The molecule has 2 aromatic carbocycles. The summed E-state index contributed by atoms with van der Waals surface area (Å²) in [6.45, 7) is 0. The molecule has 0 bridgehead atoms. The molecule has 6 nitrogen and oxygen atoms in total. The van der Waals surface area contributed by atoms with Crippen LogP contribution in [0.5, 0.6) is 0 Å². The smallest absolute Gasteiger partial charge is 0.271 e. The first-order chi connectivity index (χ1) is 11.6. The maximum absolute atomic E-state index is 12.8. The highest BCUT2D eigenvalue weighted by Gasteiger charge is 2.03. The Bertz CT molecular complexity index is 769. The highest BCUT2D eigenvalue weighted by atomic mass is 19.1. The fourth-order valence-electron chi connectivity index (χ4n) is 1.73. The number of carbonyl (C=O) groups excluding carboxylic acids is 2. The number of rotatable bonds is 5. The number of nitrogens with zero attached hydrogens (tertiary/aromatic N) is 1. The van der Waals surface area contributed by atoms with Gasteiger partial charge in [-0.2, -0.15) is 5.10 Å². The van der Waals surface area contributed by atoms with E-state index in [-0.39, 0.29) is 5.82 Å². The minimum absolute atomic E-state index is 0.346. The molecule has 2 aromatic rings. The summed E-state index contributed by atoms with van der Waals surface area (Å²) in [5.41, 5.74) is 5.56. The molecule has 0 atom stereocenters. The summed E-state index contributed by atoms with van der Waals surface area (Å²) in [7, 11) is 0. The van der Waals surface area contributed by atoms with Crippen molar-refractivity contribution in [3.8, 4) is 0 Å². The summed E-state index contributed by atoms with van der Waals surface area (Å²) in [6.07, 6.45) is 4.05. The van der Waals surface area contributed by atoms with Crippen molar-refractivity contribution in [2.75, 3.05) is 0 Å². The lowest BCUT2D eigenvalue weighted by molar-refractivity contribution is -0.124. The number of hydroxylamine groups is 1. The van der Waals surface area contributed by atoms with Crippen LogP contribution >= 0.6 is 0 Å². The van der Waals surface area contributed by atoms with Gasteiger partial charge in [-0.3, -0.25) is 14.8 Å². The van der Waals surface area contributed by atoms with Gasteiger partial charge in [0.15, 0.2) is 0 Å². The number of hydrogen-bond acceptors (Lipinski definition) is 4. The van der Waals surface area contributed by atoms with E-state index in [0.29, 0.717) is 16.7 Å². The molecule has 0 saturated carbocycles. The molecule has 0 spiro atoms. The lowest BCUT2D eigenvalue weighted by Gasteiger charge is -2.00. The Labute approximate surface area is 137 Å². The van der Waals surface area contributed by atoms with Gasteiger partial charge in [-0.25, -0.2) is 15.3 Å². The lowest BCUT2D eigenvalue weighted by Crippen LogP contribution is -2.17. The highest BCUT2D eigenvalue weighted by Crippen LogP contribution is 2.06. The molecule has 0 heterocycles. The summed E-state index contributed by atoms with van der Waals surface area (Å²) in [6, 6.07) is 12.1. The van der Waals surface area contributed by atoms with Crippen LogP contribution in [-0.4, -0.2) is 23.2 Å². The second-order valence-electron chi connectivity index (χ2n) is 4.68. The van der Waals surface area contributed by atoms with E-state index in [1.165, 1.54) is 42.0 Å². The second kappa shape index (κ2) is 8.35. The van der Waals surface area contributed by atoms with E-state index in [9.17, 15) is 14.0 Å². The van der Waals surface area contributed by atoms with Gasteiger partial charge in [-0.15, -0.1) is 0 Å². The van der Waals surface area contributed by atoms with Crippen LogP contribution < -0.4 is 10.9 Å². The topological polar surface area (TPSA) is 90.8 Å². The Morgan fingerprint density at radius 2 is 1.62 bits per heavy atom. The molecule has 0 saturated heterocycles. The Morgan fingerprint density at radius 3 is 2.25 bits per heavy atom. The first-order valence-corrected chi connectivity index (χ1v) is 6.89. The fourth-order valence-corrected chi connectivity index (χ4v) is 1.73. The third kappa shape index (κ3) is 5.15. The summed E-state index contributed by atoms with van der Waals surface area (Å²) >= 11 is 0. The number of carbonyl (C=O) groups is 2. The molecule has 24 heavy (non-hydrogen) atoms. The molecular weight excluding hydrogens is 313 g/mol. The van der Waals surface area contributed by atoms with Gasteiger partial charge in [0.05, 0.1) is 6.21 Å². The maximum Gasteiger partial charge on any atom is 0.271 e. The minimum Gasteiger partial charge on any atom is -0.288 e. The Kier molecular flexibility index (Phi) is 5.93. The second-order valence-corrected chi connectivity index (χ2v) is 4.68. The predicted molar refractivity (Wildman–Crippen MR) is 86.9 cm³/mol. The van der Waals surface area contributed by atoms with Crippen LogP contribution in [0.3, 0.4) is 0 Å². The lowest BCUT2D eigenvalue weighted by atomic mass is 10.1. The molecule has 2 rings (SSSR count). The Balaban J connectivity index is 1.93. The highest BCUT2D eigenvalue weighted by molar-refractivity contribution is 5.95. The van der Waals surface area contributed by atoms with E-state index in [1.54, 1.807) is 24.3 Å². The summed E-state index contributed by atoms with van der Waals surface area (Å²) in [5, 5.41) is 12.2. The van der Waals surface area contributed by atoms with Crippen LogP contribution in [-0.2, 0) is 4.79 Å². The van der Waals surface area contributed by atoms with Crippen molar-refractivity contribution in [3.05, 3.63) is 77.1 Å². The van der Waals surface area contributed by atoms with Gasteiger partial charge in [0.25, 0.3) is 11.8 Å². The molecular formula is C17H14FN3O3. The van der Waals surface area contributed by atoms with Gasteiger partial charge in [-0.05, 0) is 41.5 Å². The molecule has 0 aromatic heterocycles. The first kappa shape index (κ1) is 17.0.